The molecule has 0 saturated heterocycles. The van der Waals surface area contributed by atoms with E-state index < -0.39 is 8.07 Å². The van der Waals surface area contributed by atoms with Crippen LogP contribution in [0.3, 0.4) is 0 Å². The Balaban J connectivity index is 1.41. The molecule has 5 rings (SSSR count). The lowest BCUT2D eigenvalue weighted by atomic mass is 9.57. The Morgan fingerprint density at radius 1 is 0.658 bits per heavy atom. The van der Waals surface area contributed by atoms with E-state index in [9.17, 15) is 0 Å². The standard InChI is InChI=1S/C37H66Si/c1-27(2)25-37(26-28(3)4)35-23-29(5)17-19-33(35)34-20-18-30(24-36(34)37)21-22-38(6,31-13-9-7-10-14-31)32-15-11-8-12-16-32/h21-22,27-36H,7-20,23-26H2,1-6H3. The monoisotopic (exact) mass is 538 g/mol. The largest absolute Gasteiger partial charge is 0.0976 e. The van der Waals surface area contributed by atoms with Crippen molar-refractivity contribution < 1.29 is 0 Å². The second-order valence-corrected chi connectivity index (χ2v) is 21.6. The van der Waals surface area contributed by atoms with Crippen molar-refractivity contribution in [3.05, 3.63) is 11.8 Å². The summed E-state index contributed by atoms with van der Waals surface area (Å²) < 4.78 is 0. The summed E-state index contributed by atoms with van der Waals surface area (Å²) in [4.78, 5) is 0. The fourth-order valence-corrected chi connectivity index (χ4v) is 17.2. The quantitative estimate of drug-likeness (QED) is 0.269. The minimum atomic E-state index is -1.37. The van der Waals surface area contributed by atoms with Crippen LogP contribution >= 0.6 is 0 Å². The van der Waals surface area contributed by atoms with Gasteiger partial charge < -0.3 is 0 Å². The van der Waals surface area contributed by atoms with Gasteiger partial charge >= 0.3 is 0 Å². The van der Waals surface area contributed by atoms with Gasteiger partial charge in [-0.05, 0) is 109 Å². The number of rotatable bonds is 8. The molecule has 0 nitrogen and oxygen atoms in total. The molecule has 0 heterocycles. The van der Waals surface area contributed by atoms with Crippen molar-refractivity contribution in [2.75, 3.05) is 0 Å². The molecular formula is C37H66Si. The summed E-state index contributed by atoms with van der Waals surface area (Å²) in [5.41, 5.74) is 5.83. The average Bonchev–Trinajstić information content (AvgIpc) is 3.15. The molecule has 6 atom stereocenters. The zero-order chi connectivity index (χ0) is 26.9. The summed E-state index contributed by atoms with van der Waals surface area (Å²) in [7, 11) is -1.37. The molecule has 0 amide bonds. The van der Waals surface area contributed by atoms with Crippen molar-refractivity contribution in [3.8, 4) is 0 Å². The molecule has 0 spiro atoms. The van der Waals surface area contributed by atoms with Crippen LogP contribution in [0.25, 0.3) is 0 Å². The summed E-state index contributed by atoms with van der Waals surface area (Å²) in [6, 6.07) is 0. The predicted octanol–water partition coefficient (Wildman–Crippen LogP) is 12.0. The maximum Gasteiger partial charge on any atom is 0.0804 e. The van der Waals surface area contributed by atoms with Crippen molar-refractivity contribution in [1.82, 2.24) is 0 Å². The molecule has 0 aliphatic heterocycles. The number of fused-ring (bicyclic) bond motifs is 3. The van der Waals surface area contributed by atoms with Crippen LogP contribution in [-0.2, 0) is 0 Å². The van der Waals surface area contributed by atoms with Gasteiger partial charge in [-0.25, -0.2) is 0 Å². The van der Waals surface area contributed by atoms with Gasteiger partial charge in [-0.2, -0.15) is 0 Å². The lowest BCUT2D eigenvalue weighted by Crippen LogP contribution is -2.42. The molecule has 5 fully saturated rings. The predicted molar refractivity (Wildman–Crippen MR) is 170 cm³/mol. The highest BCUT2D eigenvalue weighted by atomic mass is 28.3. The van der Waals surface area contributed by atoms with Crippen molar-refractivity contribution in [3.63, 3.8) is 0 Å². The second kappa shape index (κ2) is 12.4. The molecule has 0 aromatic rings. The molecule has 1 heteroatoms. The first-order valence-corrected chi connectivity index (χ1v) is 20.7. The van der Waals surface area contributed by atoms with Crippen molar-refractivity contribution >= 4 is 8.07 Å². The highest BCUT2D eigenvalue weighted by Gasteiger charge is 2.61. The Labute approximate surface area is 240 Å². The van der Waals surface area contributed by atoms with E-state index in [1.54, 1.807) is 51.4 Å². The third kappa shape index (κ3) is 5.95. The van der Waals surface area contributed by atoms with Gasteiger partial charge in [-0.1, -0.05) is 124 Å². The van der Waals surface area contributed by atoms with Gasteiger partial charge in [0.25, 0.3) is 0 Å². The first kappa shape index (κ1) is 29.4. The van der Waals surface area contributed by atoms with E-state index >= 15 is 0 Å². The lowest BCUT2D eigenvalue weighted by Gasteiger charge is -2.48. The van der Waals surface area contributed by atoms with E-state index in [2.05, 4.69) is 52.9 Å². The summed E-state index contributed by atoms with van der Waals surface area (Å²) in [6.45, 7) is 15.6. The normalized spacial score (nSPS) is 37.2. The van der Waals surface area contributed by atoms with Gasteiger partial charge in [0, 0.05) is 0 Å². The summed E-state index contributed by atoms with van der Waals surface area (Å²) in [5, 5.41) is 0. The topological polar surface area (TPSA) is 0 Å². The molecule has 5 saturated carbocycles. The summed E-state index contributed by atoms with van der Waals surface area (Å²) in [5.74, 6) is 7.67. The molecule has 6 unspecified atom stereocenters. The minimum Gasteiger partial charge on any atom is -0.0976 e. The molecule has 38 heavy (non-hydrogen) atoms. The SMILES string of the molecule is CC(C)CC1(CC(C)C)C2CC(C)CCC2C2CCC(C=C[Si](C)(C3CCCCC3)C3CCCCC3)CC21. The van der Waals surface area contributed by atoms with E-state index in [-0.39, 0.29) is 0 Å². The molecular weight excluding hydrogens is 472 g/mol. The Bertz CT molecular complexity index is 738. The van der Waals surface area contributed by atoms with Crippen LogP contribution in [0, 0.1) is 52.8 Å². The maximum atomic E-state index is 3.03. The smallest absolute Gasteiger partial charge is 0.0804 e. The molecule has 0 aromatic heterocycles. The minimum absolute atomic E-state index is 0.631. The zero-order valence-corrected chi connectivity index (χ0v) is 27.7. The van der Waals surface area contributed by atoms with Gasteiger partial charge in [-0.3, -0.25) is 0 Å². The highest BCUT2D eigenvalue weighted by molar-refractivity contribution is 6.86. The van der Waals surface area contributed by atoms with E-state index in [0.717, 1.165) is 58.4 Å². The first-order valence-electron chi connectivity index (χ1n) is 17.9. The van der Waals surface area contributed by atoms with Gasteiger partial charge in [0.2, 0.25) is 0 Å². The van der Waals surface area contributed by atoms with Crippen LogP contribution in [0.2, 0.25) is 17.6 Å². The zero-order valence-electron chi connectivity index (χ0n) is 26.7. The van der Waals surface area contributed by atoms with Crippen LogP contribution in [0.15, 0.2) is 11.8 Å². The lowest BCUT2D eigenvalue weighted by molar-refractivity contribution is 0.0178. The fourth-order valence-electron chi connectivity index (χ4n) is 12.0. The molecule has 5 aliphatic rings. The molecule has 0 radical (unpaired) electrons. The van der Waals surface area contributed by atoms with Crippen LogP contribution in [0.4, 0.5) is 0 Å². The Hall–Kier alpha value is -0.0431. The molecule has 0 N–H and O–H groups in total. The van der Waals surface area contributed by atoms with Crippen LogP contribution < -0.4 is 0 Å². The molecule has 218 valence electrons. The first-order chi connectivity index (χ1) is 18.2. The van der Waals surface area contributed by atoms with Crippen LogP contribution in [0.5, 0.6) is 0 Å². The van der Waals surface area contributed by atoms with E-state index in [1.807, 2.05) is 0 Å². The Morgan fingerprint density at radius 2 is 1.16 bits per heavy atom. The molecule has 0 bridgehead atoms. The van der Waals surface area contributed by atoms with Crippen molar-refractivity contribution in [1.29, 1.82) is 0 Å². The summed E-state index contributed by atoms with van der Waals surface area (Å²) >= 11 is 0. The number of hydrogen-bond acceptors (Lipinski definition) is 0. The Kier molecular flexibility index (Phi) is 9.65. The summed E-state index contributed by atoms with van der Waals surface area (Å²) in [6.07, 6.45) is 30.5. The van der Waals surface area contributed by atoms with Crippen molar-refractivity contribution in [2.45, 2.75) is 168 Å². The third-order valence-corrected chi connectivity index (χ3v) is 19.0. The van der Waals surface area contributed by atoms with E-state index in [0.29, 0.717) is 5.41 Å². The maximum absolute atomic E-state index is 3.03. The van der Waals surface area contributed by atoms with Gasteiger partial charge in [0.05, 0.1) is 8.07 Å². The number of hydrogen-bond donors (Lipinski definition) is 0. The fraction of sp³-hybridized carbons (Fsp3) is 0.946. The van der Waals surface area contributed by atoms with Gasteiger partial charge in [-0.15, -0.1) is 0 Å². The van der Waals surface area contributed by atoms with E-state index in [1.165, 1.54) is 64.2 Å². The van der Waals surface area contributed by atoms with E-state index in [4.69, 9.17) is 0 Å². The Morgan fingerprint density at radius 3 is 1.68 bits per heavy atom. The van der Waals surface area contributed by atoms with Crippen LogP contribution in [0.1, 0.15) is 150 Å². The molecule has 5 aliphatic carbocycles. The van der Waals surface area contributed by atoms with Gasteiger partial charge in [0.1, 0.15) is 0 Å². The second-order valence-electron chi connectivity index (χ2n) is 16.9. The molecule has 0 aromatic carbocycles. The highest BCUT2D eigenvalue weighted by Crippen LogP contribution is 2.68. The average molecular weight is 539 g/mol. The van der Waals surface area contributed by atoms with Crippen LogP contribution in [-0.4, -0.2) is 8.07 Å². The van der Waals surface area contributed by atoms with Gasteiger partial charge in [0.15, 0.2) is 0 Å². The third-order valence-electron chi connectivity index (χ3n) is 13.4. The number of allylic oxidation sites excluding steroid dienone is 1. The van der Waals surface area contributed by atoms with Crippen molar-refractivity contribution in [2.24, 2.45) is 52.8 Å².